The lowest BCUT2D eigenvalue weighted by Gasteiger charge is -2.05. The van der Waals surface area contributed by atoms with Crippen molar-refractivity contribution in [3.05, 3.63) is 42.7 Å². The second-order valence-corrected chi connectivity index (χ2v) is 3.29. The number of hydrogen-bond donors (Lipinski definition) is 2. The van der Waals surface area contributed by atoms with Crippen LogP contribution in [0, 0.1) is 0 Å². The van der Waals surface area contributed by atoms with Crippen molar-refractivity contribution in [1.29, 1.82) is 0 Å². The molecule has 2 rings (SSSR count). The van der Waals surface area contributed by atoms with Crippen molar-refractivity contribution in [1.82, 2.24) is 15.3 Å². The van der Waals surface area contributed by atoms with Gasteiger partial charge in [0.15, 0.2) is 0 Å². The molecule has 0 saturated heterocycles. The topological polar surface area (TPSA) is 80.0 Å². The van der Waals surface area contributed by atoms with Crippen molar-refractivity contribution in [2.24, 2.45) is 0 Å². The lowest BCUT2D eigenvalue weighted by molar-refractivity contribution is 0.0954. The highest BCUT2D eigenvalue weighted by Gasteiger charge is 2.04. The van der Waals surface area contributed by atoms with Crippen LogP contribution in [-0.2, 0) is 0 Å². The van der Waals surface area contributed by atoms with Gasteiger partial charge >= 0.3 is 0 Å². The summed E-state index contributed by atoms with van der Waals surface area (Å²) < 4.78 is 4.82. The highest BCUT2D eigenvalue weighted by atomic mass is 16.3. The first-order valence-corrected chi connectivity index (χ1v) is 5.16. The Kier molecular flexibility index (Phi) is 3.69. The average molecular weight is 232 g/mol. The highest BCUT2D eigenvalue weighted by Crippen LogP contribution is 1.99. The number of nitrogens with zero attached hydrogens (tertiary/aromatic N) is 2. The van der Waals surface area contributed by atoms with Gasteiger partial charge in [0.25, 0.3) is 5.91 Å². The molecule has 0 radical (unpaired) electrons. The smallest absolute Gasteiger partial charge is 0.254 e. The van der Waals surface area contributed by atoms with Gasteiger partial charge in [0.1, 0.15) is 12.1 Å². The summed E-state index contributed by atoms with van der Waals surface area (Å²) in [5.74, 6) is 0.532. The molecule has 2 aromatic heterocycles. The van der Waals surface area contributed by atoms with E-state index in [-0.39, 0.29) is 5.91 Å². The Bertz CT molecular complexity index is 456. The highest BCUT2D eigenvalue weighted by molar-refractivity contribution is 5.93. The summed E-state index contributed by atoms with van der Waals surface area (Å²) in [5, 5.41) is 5.78. The van der Waals surface area contributed by atoms with Crippen LogP contribution in [0.1, 0.15) is 10.4 Å². The molecule has 6 nitrogen and oxygen atoms in total. The van der Waals surface area contributed by atoms with E-state index in [1.807, 2.05) is 0 Å². The Hall–Kier alpha value is -2.37. The molecule has 0 aliphatic rings. The second-order valence-electron chi connectivity index (χ2n) is 3.29. The minimum Gasteiger partial charge on any atom is -0.472 e. The van der Waals surface area contributed by atoms with Crippen molar-refractivity contribution in [2.75, 3.05) is 18.4 Å². The van der Waals surface area contributed by atoms with Crippen LogP contribution in [0.25, 0.3) is 0 Å². The molecule has 0 atom stereocenters. The molecule has 2 heterocycles. The Morgan fingerprint density at radius 1 is 1.35 bits per heavy atom. The predicted octanol–water partition coefficient (Wildman–Crippen LogP) is 0.911. The summed E-state index contributed by atoms with van der Waals surface area (Å²) in [7, 11) is 0. The van der Waals surface area contributed by atoms with Gasteiger partial charge in [-0.15, -0.1) is 0 Å². The van der Waals surface area contributed by atoms with E-state index in [0.717, 1.165) is 0 Å². The maximum absolute atomic E-state index is 11.5. The SMILES string of the molecule is O=C(NCCNc1cnccn1)c1ccoc1. The number of amides is 1. The van der Waals surface area contributed by atoms with Gasteiger partial charge in [-0.2, -0.15) is 0 Å². The zero-order valence-electron chi connectivity index (χ0n) is 9.09. The molecule has 0 bridgehead atoms. The van der Waals surface area contributed by atoms with Crippen LogP contribution >= 0.6 is 0 Å². The summed E-state index contributed by atoms with van der Waals surface area (Å²) in [4.78, 5) is 19.4. The van der Waals surface area contributed by atoms with E-state index in [0.29, 0.717) is 24.5 Å². The summed E-state index contributed by atoms with van der Waals surface area (Å²) in [6.07, 6.45) is 7.70. The Balaban J connectivity index is 1.69. The summed E-state index contributed by atoms with van der Waals surface area (Å²) in [6, 6.07) is 1.62. The minimum absolute atomic E-state index is 0.153. The number of hydrogen-bond acceptors (Lipinski definition) is 5. The monoisotopic (exact) mass is 232 g/mol. The Morgan fingerprint density at radius 3 is 3.00 bits per heavy atom. The molecular weight excluding hydrogens is 220 g/mol. The Labute approximate surface area is 98.1 Å². The van der Waals surface area contributed by atoms with Crippen LogP contribution in [0.2, 0.25) is 0 Å². The van der Waals surface area contributed by atoms with E-state index < -0.39 is 0 Å². The lowest BCUT2D eigenvalue weighted by atomic mass is 10.3. The van der Waals surface area contributed by atoms with Crippen molar-refractivity contribution < 1.29 is 9.21 Å². The fourth-order valence-electron chi connectivity index (χ4n) is 1.25. The maximum atomic E-state index is 11.5. The van der Waals surface area contributed by atoms with Gasteiger partial charge < -0.3 is 15.1 Å². The largest absolute Gasteiger partial charge is 0.472 e. The van der Waals surface area contributed by atoms with E-state index in [1.54, 1.807) is 24.7 Å². The number of rotatable bonds is 5. The zero-order chi connectivity index (χ0) is 11.9. The van der Waals surface area contributed by atoms with E-state index in [2.05, 4.69) is 20.6 Å². The average Bonchev–Trinajstić information content (AvgIpc) is 2.89. The Morgan fingerprint density at radius 2 is 2.29 bits per heavy atom. The first kappa shape index (κ1) is 11.1. The van der Waals surface area contributed by atoms with Crippen molar-refractivity contribution in [2.45, 2.75) is 0 Å². The summed E-state index contributed by atoms with van der Waals surface area (Å²) >= 11 is 0. The second kappa shape index (κ2) is 5.64. The molecular formula is C11H12N4O2. The van der Waals surface area contributed by atoms with Gasteiger partial charge in [0.2, 0.25) is 0 Å². The number of aromatic nitrogens is 2. The third-order valence-electron chi connectivity index (χ3n) is 2.06. The van der Waals surface area contributed by atoms with Crippen molar-refractivity contribution in [3.63, 3.8) is 0 Å². The van der Waals surface area contributed by atoms with Crippen LogP contribution in [0.15, 0.2) is 41.6 Å². The quantitative estimate of drug-likeness (QED) is 0.749. The molecule has 0 aromatic carbocycles. The normalized spacial score (nSPS) is 9.88. The first-order valence-electron chi connectivity index (χ1n) is 5.16. The molecule has 6 heteroatoms. The molecule has 0 aliphatic carbocycles. The fourth-order valence-corrected chi connectivity index (χ4v) is 1.25. The van der Waals surface area contributed by atoms with Gasteiger partial charge in [-0.3, -0.25) is 9.78 Å². The first-order chi connectivity index (χ1) is 8.36. The molecule has 17 heavy (non-hydrogen) atoms. The maximum Gasteiger partial charge on any atom is 0.254 e. The number of nitrogens with one attached hydrogen (secondary N) is 2. The van der Waals surface area contributed by atoms with Gasteiger partial charge in [-0.1, -0.05) is 0 Å². The number of carbonyl (C=O) groups is 1. The van der Waals surface area contributed by atoms with Crippen LogP contribution in [0.3, 0.4) is 0 Å². The van der Waals surface area contributed by atoms with Crippen LogP contribution in [0.5, 0.6) is 0 Å². The summed E-state index contributed by atoms with van der Waals surface area (Å²) in [5.41, 5.74) is 0.518. The van der Waals surface area contributed by atoms with Crippen molar-refractivity contribution >= 4 is 11.7 Å². The van der Waals surface area contributed by atoms with E-state index >= 15 is 0 Å². The van der Waals surface area contributed by atoms with Gasteiger partial charge in [-0.05, 0) is 6.07 Å². The van der Waals surface area contributed by atoms with Gasteiger partial charge in [0, 0.05) is 25.5 Å². The molecule has 2 aromatic rings. The third kappa shape index (κ3) is 3.30. The standard InChI is InChI=1S/C11H12N4O2/c16-11(9-1-6-17-8-9)15-5-4-14-10-7-12-2-3-13-10/h1-3,6-8H,4-5H2,(H,13,14)(H,15,16). The van der Waals surface area contributed by atoms with Crippen LogP contribution < -0.4 is 10.6 Å². The van der Waals surface area contributed by atoms with E-state index in [4.69, 9.17) is 4.42 Å². The van der Waals surface area contributed by atoms with E-state index in [1.165, 1.54) is 12.5 Å². The molecule has 0 aliphatic heterocycles. The molecule has 0 saturated carbocycles. The van der Waals surface area contributed by atoms with Crippen LogP contribution in [0.4, 0.5) is 5.82 Å². The number of carbonyl (C=O) groups excluding carboxylic acids is 1. The number of anilines is 1. The fraction of sp³-hybridized carbons (Fsp3) is 0.182. The molecule has 2 N–H and O–H groups in total. The van der Waals surface area contributed by atoms with Gasteiger partial charge in [0.05, 0.1) is 18.0 Å². The molecule has 0 fully saturated rings. The minimum atomic E-state index is -0.153. The molecule has 88 valence electrons. The molecule has 0 unspecified atom stereocenters. The van der Waals surface area contributed by atoms with Crippen molar-refractivity contribution in [3.8, 4) is 0 Å². The molecule has 1 amide bonds. The predicted molar refractivity (Wildman–Crippen MR) is 61.6 cm³/mol. The zero-order valence-corrected chi connectivity index (χ0v) is 9.09. The van der Waals surface area contributed by atoms with Gasteiger partial charge in [-0.25, -0.2) is 4.98 Å². The lowest BCUT2D eigenvalue weighted by Crippen LogP contribution is -2.28. The number of furan rings is 1. The third-order valence-corrected chi connectivity index (χ3v) is 2.06. The molecule has 0 spiro atoms. The van der Waals surface area contributed by atoms with E-state index in [9.17, 15) is 4.79 Å². The van der Waals surface area contributed by atoms with Crippen LogP contribution in [-0.4, -0.2) is 29.0 Å². The summed E-state index contributed by atoms with van der Waals surface area (Å²) in [6.45, 7) is 1.09.